The third kappa shape index (κ3) is 3.50. The first-order valence-electron chi connectivity index (χ1n) is 5.59. The van der Waals surface area contributed by atoms with Gasteiger partial charge in [-0.05, 0) is 48.0 Å². The number of hydrogen-bond acceptors (Lipinski definition) is 3. The standard InChI is InChI=1S/C11H20BrN3S/c1-4-15-10(11(12)9(3)14-15)7-16-6-8(2)5-13/h8H,4-7,13H2,1-3H3. The second-order valence-electron chi connectivity index (χ2n) is 4.02. The SMILES string of the molecule is CCn1nc(C)c(Br)c1CSCC(C)CN. The van der Waals surface area contributed by atoms with Crippen molar-refractivity contribution >= 4 is 27.7 Å². The number of nitrogens with two attached hydrogens (primary N) is 1. The number of halogens is 1. The van der Waals surface area contributed by atoms with Gasteiger partial charge in [0.1, 0.15) is 0 Å². The molecule has 0 amide bonds. The molecule has 1 aromatic heterocycles. The fourth-order valence-corrected chi connectivity index (χ4v) is 3.18. The normalized spacial score (nSPS) is 13.1. The molecule has 0 aliphatic heterocycles. The highest BCUT2D eigenvalue weighted by Gasteiger charge is 2.12. The van der Waals surface area contributed by atoms with E-state index in [2.05, 4.69) is 39.6 Å². The summed E-state index contributed by atoms with van der Waals surface area (Å²) < 4.78 is 3.22. The molecule has 2 N–H and O–H groups in total. The Labute approximate surface area is 110 Å². The van der Waals surface area contributed by atoms with Gasteiger partial charge in [-0.2, -0.15) is 16.9 Å². The van der Waals surface area contributed by atoms with Crippen LogP contribution >= 0.6 is 27.7 Å². The van der Waals surface area contributed by atoms with Gasteiger partial charge < -0.3 is 5.73 Å². The largest absolute Gasteiger partial charge is 0.330 e. The zero-order chi connectivity index (χ0) is 12.1. The van der Waals surface area contributed by atoms with Crippen LogP contribution in [0.25, 0.3) is 0 Å². The summed E-state index contributed by atoms with van der Waals surface area (Å²) >= 11 is 5.53. The Bertz CT molecular complexity index is 338. The van der Waals surface area contributed by atoms with Gasteiger partial charge >= 0.3 is 0 Å². The van der Waals surface area contributed by atoms with Crippen molar-refractivity contribution in [1.29, 1.82) is 0 Å². The van der Waals surface area contributed by atoms with Crippen LogP contribution in [-0.4, -0.2) is 22.1 Å². The van der Waals surface area contributed by atoms with E-state index in [9.17, 15) is 0 Å². The fourth-order valence-electron chi connectivity index (χ4n) is 1.43. The highest BCUT2D eigenvalue weighted by atomic mass is 79.9. The first-order valence-corrected chi connectivity index (χ1v) is 7.54. The minimum absolute atomic E-state index is 0.586. The predicted octanol–water partition coefficient (Wildman–Crippen LogP) is 2.80. The number of thioether (sulfide) groups is 1. The van der Waals surface area contributed by atoms with Crippen molar-refractivity contribution in [3.63, 3.8) is 0 Å². The smallest absolute Gasteiger partial charge is 0.0739 e. The van der Waals surface area contributed by atoms with Gasteiger partial charge in [0.2, 0.25) is 0 Å². The van der Waals surface area contributed by atoms with Gasteiger partial charge in [0.15, 0.2) is 0 Å². The maximum Gasteiger partial charge on any atom is 0.0739 e. The molecule has 0 saturated carbocycles. The van der Waals surface area contributed by atoms with E-state index in [-0.39, 0.29) is 0 Å². The quantitative estimate of drug-likeness (QED) is 0.879. The molecule has 3 nitrogen and oxygen atoms in total. The molecule has 16 heavy (non-hydrogen) atoms. The number of aryl methyl sites for hydroxylation is 2. The average molecular weight is 306 g/mol. The van der Waals surface area contributed by atoms with Gasteiger partial charge in [-0.25, -0.2) is 0 Å². The van der Waals surface area contributed by atoms with Crippen LogP contribution in [0.4, 0.5) is 0 Å². The van der Waals surface area contributed by atoms with Crippen molar-refractivity contribution in [3.05, 3.63) is 15.9 Å². The summed E-state index contributed by atoms with van der Waals surface area (Å²) in [6, 6.07) is 0. The van der Waals surface area contributed by atoms with Crippen LogP contribution in [0.1, 0.15) is 25.2 Å². The van der Waals surface area contributed by atoms with Crippen molar-refractivity contribution in [2.75, 3.05) is 12.3 Å². The van der Waals surface area contributed by atoms with E-state index in [0.717, 1.165) is 34.8 Å². The van der Waals surface area contributed by atoms with E-state index in [0.29, 0.717) is 5.92 Å². The van der Waals surface area contributed by atoms with Crippen LogP contribution < -0.4 is 5.73 Å². The van der Waals surface area contributed by atoms with Crippen molar-refractivity contribution in [2.45, 2.75) is 33.1 Å². The molecular formula is C11H20BrN3S. The van der Waals surface area contributed by atoms with Crippen molar-refractivity contribution in [2.24, 2.45) is 11.7 Å². The molecule has 1 unspecified atom stereocenters. The van der Waals surface area contributed by atoms with Gasteiger partial charge in [0.05, 0.1) is 15.9 Å². The lowest BCUT2D eigenvalue weighted by atomic mass is 10.2. The van der Waals surface area contributed by atoms with Crippen molar-refractivity contribution in [3.8, 4) is 0 Å². The molecule has 0 aliphatic carbocycles. The van der Waals surface area contributed by atoms with E-state index in [4.69, 9.17) is 5.73 Å². The molecular weight excluding hydrogens is 286 g/mol. The van der Waals surface area contributed by atoms with Gasteiger partial charge in [-0.3, -0.25) is 4.68 Å². The number of hydrogen-bond donors (Lipinski definition) is 1. The molecule has 0 saturated heterocycles. The molecule has 5 heteroatoms. The van der Waals surface area contributed by atoms with Crippen LogP contribution in [0.2, 0.25) is 0 Å². The Kier molecular flexibility index (Phi) is 5.86. The Balaban J connectivity index is 2.59. The van der Waals surface area contributed by atoms with Crippen LogP contribution in [0.3, 0.4) is 0 Å². The first-order chi connectivity index (χ1) is 7.60. The van der Waals surface area contributed by atoms with Crippen molar-refractivity contribution in [1.82, 2.24) is 9.78 Å². The zero-order valence-corrected chi connectivity index (χ0v) is 12.6. The van der Waals surface area contributed by atoms with Crippen LogP contribution in [0.15, 0.2) is 4.47 Å². The van der Waals surface area contributed by atoms with E-state index >= 15 is 0 Å². The molecule has 1 aromatic rings. The first kappa shape index (κ1) is 14.1. The van der Waals surface area contributed by atoms with Crippen LogP contribution in [0.5, 0.6) is 0 Å². The molecule has 0 fully saturated rings. The number of rotatable bonds is 6. The molecule has 1 atom stereocenters. The van der Waals surface area contributed by atoms with E-state index in [1.807, 2.05) is 18.7 Å². The molecule has 0 bridgehead atoms. The minimum atomic E-state index is 0.586. The highest BCUT2D eigenvalue weighted by molar-refractivity contribution is 9.10. The molecule has 0 aliphatic rings. The fraction of sp³-hybridized carbons (Fsp3) is 0.727. The van der Waals surface area contributed by atoms with Crippen LogP contribution in [0, 0.1) is 12.8 Å². The highest BCUT2D eigenvalue weighted by Crippen LogP contribution is 2.25. The predicted molar refractivity (Wildman–Crippen MR) is 74.7 cm³/mol. The second kappa shape index (κ2) is 6.67. The van der Waals surface area contributed by atoms with Gasteiger partial charge in [0.25, 0.3) is 0 Å². The lowest BCUT2D eigenvalue weighted by molar-refractivity contribution is 0.630. The lowest BCUT2D eigenvalue weighted by Gasteiger charge is -2.09. The maximum absolute atomic E-state index is 5.60. The third-order valence-electron chi connectivity index (χ3n) is 2.50. The van der Waals surface area contributed by atoms with E-state index < -0.39 is 0 Å². The lowest BCUT2D eigenvalue weighted by Crippen LogP contribution is -2.13. The van der Waals surface area contributed by atoms with Gasteiger partial charge in [-0.15, -0.1) is 0 Å². The Morgan fingerprint density at radius 1 is 1.56 bits per heavy atom. The Morgan fingerprint density at radius 3 is 2.81 bits per heavy atom. The van der Waals surface area contributed by atoms with Gasteiger partial charge in [0, 0.05) is 12.3 Å². The molecule has 0 radical (unpaired) electrons. The average Bonchev–Trinajstić information content (AvgIpc) is 2.56. The summed E-state index contributed by atoms with van der Waals surface area (Å²) in [7, 11) is 0. The third-order valence-corrected chi connectivity index (χ3v) is 4.81. The number of aromatic nitrogens is 2. The topological polar surface area (TPSA) is 43.8 Å². The summed E-state index contributed by atoms with van der Waals surface area (Å²) in [5, 5.41) is 4.48. The Morgan fingerprint density at radius 2 is 2.25 bits per heavy atom. The summed E-state index contributed by atoms with van der Waals surface area (Å²) in [6.07, 6.45) is 0. The molecule has 92 valence electrons. The molecule has 1 heterocycles. The summed E-state index contributed by atoms with van der Waals surface area (Å²) in [5.41, 5.74) is 7.96. The molecule has 1 rings (SSSR count). The van der Waals surface area contributed by atoms with Gasteiger partial charge in [-0.1, -0.05) is 6.92 Å². The van der Waals surface area contributed by atoms with E-state index in [1.54, 1.807) is 0 Å². The second-order valence-corrected chi connectivity index (χ2v) is 5.84. The van der Waals surface area contributed by atoms with Crippen molar-refractivity contribution < 1.29 is 0 Å². The Hall–Kier alpha value is -0.0000000000000000763. The summed E-state index contributed by atoms with van der Waals surface area (Å²) in [4.78, 5) is 0. The summed E-state index contributed by atoms with van der Waals surface area (Å²) in [5.74, 6) is 2.69. The number of nitrogens with zero attached hydrogens (tertiary/aromatic N) is 2. The molecule has 0 spiro atoms. The summed E-state index contributed by atoms with van der Waals surface area (Å²) in [6.45, 7) is 8.03. The molecule has 0 aromatic carbocycles. The van der Waals surface area contributed by atoms with E-state index in [1.165, 1.54) is 5.69 Å². The maximum atomic E-state index is 5.60. The monoisotopic (exact) mass is 305 g/mol. The van der Waals surface area contributed by atoms with Crippen LogP contribution in [-0.2, 0) is 12.3 Å². The zero-order valence-electron chi connectivity index (χ0n) is 10.2. The minimum Gasteiger partial charge on any atom is -0.330 e.